The first-order valence-corrected chi connectivity index (χ1v) is 8.74. The van der Waals surface area contributed by atoms with E-state index >= 15 is 0 Å². The molecular formula is C18H20Cl3N3. The third kappa shape index (κ3) is 4.35. The summed E-state index contributed by atoms with van der Waals surface area (Å²) in [7, 11) is 1.87. The standard InChI is InChI=1S/C18H20Cl3N3/c1-11(2)24(18-10-14(20)5-7-16(18)21)23-12(3)15-9-13(19)6-8-17(15)22-4/h5-11,22H,1-4H3/b23-12+. The largest absolute Gasteiger partial charge is 0.388 e. The molecule has 2 rings (SSSR count). The summed E-state index contributed by atoms with van der Waals surface area (Å²) in [6.45, 7) is 6.04. The molecule has 3 nitrogen and oxygen atoms in total. The fourth-order valence-corrected chi connectivity index (χ4v) is 2.90. The molecule has 0 unspecified atom stereocenters. The molecule has 0 spiro atoms. The van der Waals surface area contributed by atoms with Crippen molar-refractivity contribution >= 4 is 51.9 Å². The highest BCUT2D eigenvalue weighted by molar-refractivity contribution is 6.35. The predicted molar refractivity (Wildman–Crippen MR) is 107 cm³/mol. The van der Waals surface area contributed by atoms with Crippen LogP contribution in [0.3, 0.4) is 0 Å². The predicted octanol–water partition coefficient (Wildman–Crippen LogP) is 6.33. The smallest absolute Gasteiger partial charge is 0.0798 e. The van der Waals surface area contributed by atoms with Crippen LogP contribution in [-0.2, 0) is 0 Å². The topological polar surface area (TPSA) is 27.6 Å². The number of benzene rings is 2. The van der Waals surface area contributed by atoms with Crippen LogP contribution in [0.2, 0.25) is 15.1 Å². The molecule has 0 radical (unpaired) electrons. The minimum absolute atomic E-state index is 0.105. The van der Waals surface area contributed by atoms with Crippen molar-refractivity contribution in [2.75, 3.05) is 17.4 Å². The summed E-state index contributed by atoms with van der Waals surface area (Å²) in [5, 5.41) is 11.7. The van der Waals surface area contributed by atoms with Gasteiger partial charge in [0, 0.05) is 34.4 Å². The van der Waals surface area contributed by atoms with E-state index in [-0.39, 0.29) is 6.04 Å². The first kappa shape index (κ1) is 18.9. The SMILES string of the molecule is CNc1ccc(Cl)cc1/C(C)=N/N(c1cc(Cl)ccc1Cl)C(C)C. The quantitative estimate of drug-likeness (QED) is 0.482. The molecule has 0 atom stereocenters. The summed E-state index contributed by atoms with van der Waals surface area (Å²) < 4.78 is 0. The van der Waals surface area contributed by atoms with Gasteiger partial charge in [-0.05, 0) is 57.2 Å². The number of hydrogen-bond acceptors (Lipinski definition) is 3. The summed E-state index contributed by atoms with van der Waals surface area (Å²) in [6, 6.07) is 11.1. The highest BCUT2D eigenvalue weighted by Crippen LogP contribution is 2.31. The second kappa shape index (κ2) is 8.11. The molecule has 0 aliphatic carbocycles. The fourth-order valence-electron chi connectivity index (χ4n) is 2.36. The summed E-state index contributed by atoms with van der Waals surface area (Å²) in [6.07, 6.45) is 0. The number of hydrazone groups is 1. The lowest BCUT2D eigenvalue weighted by Gasteiger charge is -2.26. The van der Waals surface area contributed by atoms with Crippen molar-refractivity contribution in [1.29, 1.82) is 0 Å². The van der Waals surface area contributed by atoms with Crippen LogP contribution in [0, 0.1) is 0 Å². The molecule has 2 aromatic carbocycles. The highest BCUT2D eigenvalue weighted by Gasteiger charge is 2.16. The van der Waals surface area contributed by atoms with E-state index in [1.54, 1.807) is 12.1 Å². The Morgan fingerprint density at radius 2 is 1.67 bits per heavy atom. The molecule has 1 N–H and O–H groups in total. The molecule has 2 aromatic rings. The van der Waals surface area contributed by atoms with Crippen LogP contribution in [0.1, 0.15) is 26.3 Å². The molecule has 128 valence electrons. The van der Waals surface area contributed by atoms with Gasteiger partial charge in [-0.3, -0.25) is 5.01 Å². The number of rotatable bonds is 5. The normalized spacial score (nSPS) is 11.8. The molecule has 0 fully saturated rings. The lowest BCUT2D eigenvalue weighted by Crippen LogP contribution is -2.27. The second-order valence-electron chi connectivity index (χ2n) is 5.66. The van der Waals surface area contributed by atoms with E-state index in [9.17, 15) is 0 Å². The third-order valence-corrected chi connectivity index (χ3v) is 4.33. The van der Waals surface area contributed by atoms with E-state index in [4.69, 9.17) is 39.9 Å². The van der Waals surface area contributed by atoms with Crippen LogP contribution < -0.4 is 10.3 Å². The molecule has 0 amide bonds. The van der Waals surface area contributed by atoms with Crippen molar-refractivity contribution in [3.8, 4) is 0 Å². The van der Waals surface area contributed by atoms with Gasteiger partial charge < -0.3 is 5.32 Å². The molecule has 24 heavy (non-hydrogen) atoms. The zero-order valence-electron chi connectivity index (χ0n) is 14.1. The van der Waals surface area contributed by atoms with Crippen LogP contribution >= 0.6 is 34.8 Å². The average molecular weight is 385 g/mol. The van der Waals surface area contributed by atoms with Gasteiger partial charge in [-0.15, -0.1) is 0 Å². The minimum atomic E-state index is 0.105. The van der Waals surface area contributed by atoms with Gasteiger partial charge in [0.25, 0.3) is 0 Å². The Kier molecular flexibility index (Phi) is 6.39. The van der Waals surface area contributed by atoms with E-state index in [0.717, 1.165) is 22.6 Å². The Morgan fingerprint density at radius 3 is 2.29 bits per heavy atom. The van der Waals surface area contributed by atoms with E-state index in [1.807, 2.05) is 57.1 Å². The maximum absolute atomic E-state index is 6.35. The number of halogens is 3. The second-order valence-corrected chi connectivity index (χ2v) is 6.94. The Morgan fingerprint density at radius 1 is 1.04 bits per heavy atom. The molecule has 0 aromatic heterocycles. The first-order valence-electron chi connectivity index (χ1n) is 7.60. The van der Waals surface area contributed by atoms with Crippen molar-refractivity contribution < 1.29 is 0 Å². The Bertz CT molecular complexity index is 757. The van der Waals surface area contributed by atoms with Crippen LogP contribution in [0.4, 0.5) is 11.4 Å². The monoisotopic (exact) mass is 383 g/mol. The minimum Gasteiger partial charge on any atom is -0.388 e. The lowest BCUT2D eigenvalue weighted by atomic mass is 10.1. The average Bonchev–Trinajstić information content (AvgIpc) is 2.54. The van der Waals surface area contributed by atoms with E-state index < -0.39 is 0 Å². The van der Waals surface area contributed by atoms with Gasteiger partial charge in [0.2, 0.25) is 0 Å². The van der Waals surface area contributed by atoms with Crippen LogP contribution in [0.15, 0.2) is 41.5 Å². The molecule has 0 aliphatic heterocycles. The Balaban J connectivity index is 2.52. The van der Waals surface area contributed by atoms with Gasteiger partial charge in [-0.25, -0.2) is 0 Å². The molecule has 0 saturated carbocycles. The molecule has 6 heteroatoms. The van der Waals surface area contributed by atoms with Crippen molar-refractivity contribution in [3.63, 3.8) is 0 Å². The zero-order chi connectivity index (χ0) is 17.9. The van der Waals surface area contributed by atoms with Crippen molar-refractivity contribution in [3.05, 3.63) is 57.0 Å². The molecule has 0 aliphatic rings. The summed E-state index contributed by atoms with van der Waals surface area (Å²) in [4.78, 5) is 0. The number of nitrogens with one attached hydrogen (secondary N) is 1. The lowest BCUT2D eigenvalue weighted by molar-refractivity contribution is 0.713. The molecular weight excluding hydrogens is 365 g/mol. The maximum atomic E-state index is 6.35. The van der Waals surface area contributed by atoms with E-state index in [1.165, 1.54) is 0 Å². The summed E-state index contributed by atoms with van der Waals surface area (Å²) >= 11 is 18.6. The van der Waals surface area contributed by atoms with Gasteiger partial charge in [0.1, 0.15) is 0 Å². The van der Waals surface area contributed by atoms with Crippen LogP contribution in [0.5, 0.6) is 0 Å². The van der Waals surface area contributed by atoms with E-state index in [0.29, 0.717) is 15.1 Å². The summed E-state index contributed by atoms with van der Waals surface area (Å²) in [5.74, 6) is 0. The molecule has 0 saturated heterocycles. The van der Waals surface area contributed by atoms with Gasteiger partial charge in [-0.1, -0.05) is 34.8 Å². The zero-order valence-corrected chi connectivity index (χ0v) is 16.3. The number of hydrogen-bond donors (Lipinski definition) is 1. The van der Waals surface area contributed by atoms with Gasteiger partial charge in [0.05, 0.1) is 16.4 Å². The van der Waals surface area contributed by atoms with Crippen molar-refractivity contribution in [2.45, 2.75) is 26.8 Å². The van der Waals surface area contributed by atoms with Crippen LogP contribution in [0.25, 0.3) is 0 Å². The third-order valence-electron chi connectivity index (χ3n) is 3.54. The van der Waals surface area contributed by atoms with Crippen molar-refractivity contribution in [1.82, 2.24) is 0 Å². The Hall–Kier alpha value is -1.42. The molecule has 0 heterocycles. The fraction of sp³-hybridized carbons (Fsp3) is 0.278. The Labute approximate surface area is 158 Å². The van der Waals surface area contributed by atoms with Crippen LogP contribution in [-0.4, -0.2) is 18.8 Å². The molecule has 0 bridgehead atoms. The van der Waals surface area contributed by atoms with Gasteiger partial charge in [-0.2, -0.15) is 5.10 Å². The summed E-state index contributed by atoms with van der Waals surface area (Å²) in [5.41, 5.74) is 3.49. The van der Waals surface area contributed by atoms with Crippen molar-refractivity contribution in [2.24, 2.45) is 5.10 Å². The number of nitrogens with zero attached hydrogens (tertiary/aromatic N) is 2. The first-order chi connectivity index (χ1) is 11.3. The van der Waals surface area contributed by atoms with Gasteiger partial charge >= 0.3 is 0 Å². The highest BCUT2D eigenvalue weighted by atomic mass is 35.5. The maximum Gasteiger partial charge on any atom is 0.0798 e. The van der Waals surface area contributed by atoms with Gasteiger partial charge in [0.15, 0.2) is 0 Å². The number of anilines is 2. The van der Waals surface area contributed by atoms with E-state index in [2.05, 4.69) is 5.32 Å².